The number of hydrogen-bond acceptors (Lipinski definition) is 3. The lowest BCUT2D eigenvalue weighted by atomic mass is 9.65. The summed E-state index contributed by atoms with van der Waals surface area (Å²) in [5.74, 6) is -0.0921. The van der Waals surface area contributed by atoms with Crippen LogP contribution in [-0.2, 0) is 9.63 Å². The van der Waals surface area contributed by atoms with Crippen molar-refractivity contribution < 1.29 is 9.63 Å². The van der Waals surface area contributed by atoms with Crippen molar-refractivity contribution in [3.8, 4) is 0 Å². The lowest BCUT2D eigenvalue weighted by Gasteiger charge is -2.38. The number of oxime groups is 1. The molecule has 0 saturated heterocycles. The van der Waals surface area contributed by atoms with Gasteiger partial charge >= 0.3 is 0 Å². The molecule has 1 spiro atoms. The first-order valence-electron chi connectivity index (χ1n) is 11.0. The third-order valence-corrected chi connectivity index (χ3v) is 6.62. The number of carbonyl (C=O) groups excluding carboxylic acids is 1. The van der Waals surface area contributed by atoms with E-state index in [-0.39, 0.29) is 22.5 Å². The summed E-state index contributed by atoms with van der Waals surface area (Å²) in [7, 11) is 0. The van der Waals surface area contributed by atoms with Gasteiger partial charge in [0.15, 0.2) is 11.4 Å². The fraction of sp³-hybridized carbons (Fsp3) is 0.357. The van der Waals surface area contributed by atoms with Gasteiger partial charge in [-0.25, -0.2) is 0 Å². The Labute approximate surface area is 199 Å². The van der Waals surface area contributed by atoms with E-state index in [1.165, 1.54) is 0 Å². The van der Waals surface area contributed by atoms with Crippen LogP contribution in [0.15, 0.2) is 87.5 Å². The summed E-state index contributed by atoms with van der Waals surface area (Å²) >= 11 is 3.63. The van der Waals surface area contributed by atoms with Gasteiger partial charge in [0.2, 0.25) is 0 Å². The minimum atomic E-state index is -0.870. The Morgan fingerprint density at radius 2 is 1.47 bits per heavy atom. The maximum absolute atomic E-state index is 13.6. The van der Waals surface area contributed by atoms with Crippen LogP contribution in [0.25, 0.3) is 0 Å². The topological polar surface area (TPSA) is 38.7 Å². The Kier molecular flexibility index (Phi) is 5.57. The number of nitrogens with zero attached hydrogens (tertiary/aromatic N) is 1. The first kappa shape index (κ1) is 22.7. The molecule has 1 heterocycles. The van der Waals surface area contributed by atoms with Crippen molar-refractivity contribution in [2.45, 2.75) is 53.1 Å². The SMILES string of the molecule is CC(C)(C)C1=CC2(C=C(C(C)(C)C)C1=O)ON=C(c1ccccc1)C2c1cccc(Br)c1. The number of hydrogen-bond donors (Lipinski definition) is 0. The van der Waals surface area contributed by atoms with Crippen molar-refractivity contribution in [2.75, 3.05) is 0 Å². The van der Waals surface area contributed by atoms with Crippen molar-refractivity contribution in [1.82, 2.24) is 0 Å². The maximum Gasteiger partial charge on any atom is 0.187 e. The largest absolute Gasteiger partial charge is 0.379 e. The van der Waals surface area contributed by atoms with E-state index >= 15 is 0 Å². The third-order valence-electron chi connectivity index (χ3n) is 6.12. The average Bonchev–Trinajstić information content (AvgIpc) is 3.07. The van der Waals surface area contributed by atoms with Gasteiger partial charge in [0.1, 0.15) is 0 Å². The molecule has 4 heteroatoms. The Bertz CT molecular complexity index is 1110. The zero-order valence-electron chi connectivity index (χ0n) is 19.6. The molecule has 0 radical (unpaired) electrons. The van der Waals surface area contributed by atoms with Crippen LogP contribution in [0.4, 0.5) is 0 Å². The standard InChI is InChI=1S/C28H30BrNO2/c1-26(2,3)21-16-28(17-22(25(21)31)27(4,5)6)23(19-13-10-14-20(29)15-19)24(30-32-28)18-11-8-7-9-12-18/h7-17,23H,1-6H3. The number of benzene rings is 2. The summed E-state index contributed by atoms with van der Waals surface area (Å²) < 4.78 is 0.997. The van der Waals surface area contributed by atoms with Gasteiger partial charge in [-0.05, 0) is 40.7 Å². The third kappa shape index (κ3) is 4.01. The summed E-state index contributed by atoms with van der Waals surface area (Å²) in [4.78, 5) is 19.9. The molecule has 2 aromatic rings. The predicted molar refractivity (Wildman–Crippen MR) is 134 cm³/mol. The van der Waals surface area contributed by atoms with Gasteiger partial charge in [-0.1, -0.05) is 105 Å². The summed E-state index contributed by atoms with van der Waals surface area (Å²) in [6.07, 6.45) is 4.05. The molecular formula is C28H30BrNO2. The normalized spacial score (nSPS) is 20.5. The molecule has 0 fully saturated rings. The molecule has 166 valence electrons. The molecule has 4 rings (SSSR count). The molecule has 0 N–H and O–H groups in total. The van der Waals surface area contributed by atoms with Crippen LogP contribution in [0, 0.1) is 10.8 Å². The van der Waals surface area contributed by atoms with Crippen LogP contribution in [-0.4, -0.2) is 17.1 Å². The number of carbonyl (C=O) groups is 1. The summed E-state index contributed by atoms with van der Waals surface area (Å²) in [5, 5.41) is 4.63. The van der Waals surface area contributed by atoms with Crippen LogP contribution < -0.4 is 0 Å². The predicted octanol–water partition coefficient (Wildman–Crippen LogP) is 7.23. The molecule has 0 aromatic heterocycles. The highest BCUT2D eigenvalue weighted by molar-refractivity contribution is 9.10. The Morgan fingerprint density at radius 1 is 0.875 bits per heavy atom. The second-order valence-electron chi connectivity index (χ2n) is 10.7. The van der Waals surface area contributed by atoms with Gasteiger partial charge in [-0.3, -0.25) is 4.79 Å². The van der Waals surface area contributed by atoms with Gasteiger partial charge in [0, 0.05) is 21.2 Å². The second kappa shape index (κ2) is 7.84. The van der Waals surface area contributed by atoms with Crippen molar-refractivity contribution >= 4 is 27.4 Å². The van der Waals surface area contributed by atoms with Crippen molar-refractivity contribution in [3.63, 3.8) is 0 Å². The van der Waals surface area contributed by atoms with E-state index in [9.17, 15) is 4.79 Å². The summed E-state index contributed by atoms with van der Waals surface area (Å²) in [5.41, 5.74) is 3.00. The van der Waals surface area contributed by atoms with Gasteiger partial charge in [-0.2, -0.15) is 0 Å². The quantitative estimate of drug-likeness (QED) is 0.444. The highest BCUT2D eigenvalue weighted by atomic mass is 79.9. The number of ketones is 1. The van der Waals surface area contributed by atoms with E-state index in [1.807, 2.05) is 42.5 Å². The van der Waals surface area contributed by atoms with Crippen molar-refractivity contribution in [2.24, 2.45) is 16.0 Å². The second-order valence-corrected chi connectivity index (χ2v) is 11.6. The smallest absolute Gasteiger partial charge is 0.187 e. The Hall–Kier alpha value is -2.46. The Morgan fingerprint density at radius 3 is 2.00 bits per heavy atom. The van der Waals surface area contributed by atoms with Crippen LogP contribution in [0.3, 0.4) is 0 Å². The minimum Gasteiger partial charge on any atom is -0.379 e. The van der Waals surface area contributed by atoms with Gasteiger partial charge in [-0.15, -0.1) is 0 Å². The highest BCUT2D eigenvalue weighted by Gasteiger charge is 2.52. The average molecular weight is 492 g/mol. The molecule has 1 atom stereocenters. The highest BCUT2D eigenvalue weighted by Crippen LogP contribution is 2.50. The number of Topliss-reactive ketones (excluding diaryl/α,β-unsaturated/α-hetero) is 1. The summed E-state index contributed by atoms with van der Waals surface area (Å²) in [6, 6.07) is 18.4. The van der Waals surface area contributed by atoms with Gasteiger partial charge < -0.3 is 4.84 Å². The van der Waals surface area contributed by atoms with E-state index in [2.05, 4.69) is 86.9 Å². The van der Waals surface area contributed by atoms with Crippen molar-refractivity contribution in [3.05, 3.63) is 93.5 Å². The van der Waals surface area contributed by atoms with Crippen LogP contribution in [0.1, 0.15) is 58.6 Å². The van der Waals surface area contributed by atoms with E-state index in [4.69, 9.17) is 4.84 Å². The van der Waals surface area contributed by atoms with Crippen LogP contribution in [0.2, 0.25) is 0 Å². The zero-order chi connectivity index (χ0) is 23.3. The first-order chi connectivity index (χ1) is 14.9. The molecule has 1 aliphatic carbocycles. The van der Waals surface area contributed by atoms with E-state index in [0.29, 0.717) is 0 Å². The fourth-order valence-electron chi connectivity index (χ4n) is 4.48. The molecule has 0 amide bonds. The Balaban J connectivity index is 1.99. The van der Waals surface area contributed by atoms with Crippen LogP contribution >= 0.6 is 15.9 Å². The maximum atomic E-state index is 13.6. The van der Waals surface area contributed by atoms with E-state index in [0.717, 1.165) is 32.5 Å². The molecule has 1 aliphatic heterocycles. The molecule has 32 heavy (non-hydrogen) atoms. The van der Waals surface area contributed by atoms with Crippen LogP contribution in [0.5, 0.6) is 0 Å². The first-order valence-corrected chi connectivity index (χ1v) is 11.8. The van der Waals surface area contributed by atoms with E-state index in [1.54, 1.807) is 0 Å². The lowest BCUT2D eigenvalue weighted by Crippen LogP contribution is -2.41. The van der Waals surface area contributed by atoms with Gasteiger partial charge in [0.25, 0.3) is 0 Å². The molecule has 3 nitrogen and oxygen atoms in total. The molecule has 2 aliphatic rings. The monoisotopic (exact) mass is 491 g/mol. The van der Waals surface area contributed by atoms with E-state index < -0.39 is 5.60 Å². The molecule has 0 saturated carbocycles. The molecule has 1 unspecified atom stereocenters. The minimum absolute atomic E-state index is 0.0976. The van der Waals surface area contributed by atoms with Gasteiger partial charge in [0.05, 0.1) is 11.6 Å². The molecule has 2 aromatic carbocycles. The summed E-state index contributed by atoms with van der Waals surface area (Å²) in [6.45, 7) is 12.5. The molecule has 0 bridgehead atoms. The number of halogens is 1. The lowest BCUT2D eigenvalue weighted by molar-refractivity contribution is -0.114. The fourth-order valence-corrected chi connectivity index (χ4v) is 4.90. The molecular weight excluding hydrogens is 462 g/mol. The number of allylic oxidation sites excluding steroid dienone is 2. The van der Waals surface area contributed by atoms with Crippen molar-refractivity contribution in [1.29, 1.82) is 0 Å². The zero-order valence-corrected chi connectivity index (χ0v) is 21.2. The number of rotatable bonds is 2.